The van der Waals surface area contributed by atoms with Gasteiger partial charge in [-0.15, -0.1) is 0 Å². The average Bonchev–Trinajstić information content (AvgIpc) is 2.42. The Morgan fingerprint density at radius 1 is 1.32 bits per heavy atom. The second-order valence-electron chi connectivity index (χ2n) is 5.63. The van der Waals surface area contributed by atoms with Crippen molar-refractivity contribution in [2.45, 2.75) is 58.1 Å². The van der Waals surface area contributed by atoms with E-state index in [0.717, 1.165) is 26.0 Å². The molecule has 1 aromatic carbocycles. The number of nitrogens with one attached hydrogen (secondary N) is 1. The molecule has 0 aromatic heterocycles. The van der Waals surface area contributed by atoms with Gasteiger partial charge < -0.3 is 10.1 Å². The first-order valence-electron chi connectivity index (χ1n) is 7.69. The molecule has 2 unspecified atom stereocenters. The lowest BCUT2D eigenvalue weighted by atomic mass is 9.99. The number of aryl methyl sites for hydroxylation is 1. The Labute approximate surface area is 117 Å². The molecule has 0 amide bonds. The lowest BCUT2D eigenvalue weighted by Crippen LogP contribution is -2.39. The summed E-state index contributed by atoms with van der Waals surface area (Å²) in [7, 11) is 0. The highest BCUT2D eigenvalue weighted by molar-refractivity contribution is 5.25. The van der Waals surface area contributed by atoms with E-state index in [2.05, 4.69) is 43.4 Å². The molecule has 1 aliphatic heterocycles. The molecule has 2 heteroatoms. The summed E-state index contributed by atoms with van der Waals surface area (Å²) in [5, 5.41) is 3.71. The SMILES string of the molecule is CCCC1CC(NCCc2ccccc2C)CCO1. The number of ether oxygens (including phenoxy) is 1. The van der Waals surface area contributed by atoms with Gasteiger partial charge in [0.05, 0.1) is 6.10 Å². The minimum atomic E-state index is 0.481. The Kier molecular flexibility index (Phi) is 5.87. The van der Waals surface area contributed by atoms with Crippen LogP contribution in [-0.2, 0) is 11.2 Å². The molecule has 1 saturated heterocycles. The number of hydrogen-bond acceptors (Lipinski definition) is 2. The van der Waals surface area contributed by atoms with Gasteiger partial charge in [-0.1, -0.05) is 37.6 Å². The number of rotatable bonds is 6. The summed E-state index contributed by atoms with van der Waals surface area (Å²) in [5.41, 5.74) is 2.87. The first kappa shape index (κ1) is 14.5. The third-order valence-corrected chi connectivity index (χ3v) is 4.07. The molecule has 1 fully saturated rings. The van der Waals surface area contributed by atoms with Gasteiger partial charge in [-0.3, -0.25) is 0 Å². The molecule has 2 atom stereocenters. The van der Waals surface area contributed by atoms with Crippen molar-refractivity contribution in [2.75, 3.05) is 13.2 Å². The molecule has 1 aliphatic rings. The fourth-order valence-corrected chi connectivity index (χ4v) is 2.89. The van der Waals surface area contributed by atoms with Gasteiger partial charge in [-0.25, -0.2) is 0 Å². The van der Waals surface area contributed by atoms with Crippen LogP contribution in [0.15, 0.2) is 24.3 Å². The van der Waals surface area contributed by atoms with Gasteiger partial charge in [-0.2, -0.15) is 0 Å². The van der Waals surface area contributed by atoms with E-state index in [4.69, 9.17) is 4.74 Å². The summed E-state index contributed by atoms with van der Waals surface area (Å²) in [4.78, 5) is 0. The average molecular weight is 261 g/mol. The molecule has 1 heterocycles. The molecule has 1 aromatic rings. The highest BCUT2D eigenvalue weighted by Crippen LogP contribution is 2.18. The maximum Gasteiger partial charge on any atom is 0.0589 e. The molecule has 2 nitrogen and oxygen atoms in total. The molecule has 106 valence electrons. The standard InChI is InChI=1S/C17H27NO/c1-3-6-17-13-16(10-12-19-17)18-11-9-15-8-5-4-7-14(15)2/h4-5,7-8,16-18H,3,6,9-13H2,1-2H3. The predicted octanol–water partition coefficient (Wildman–Crippen LogP) is 3.47. The molecule has 0 radical (unpaired) electrons. The second kappa shape index (κ2) is 7.66. The molecular formula is C17H27NO. The van der Waals surface area contributed by atoms with Crippen LogP contribution in [0.2, 0.25) is 0 Å². The molecular weight excluding hydrogens is 234 g/mol. The Morgan fingerprint density at radius 2 is 2.16 bits per heavy atom. The molecule has 0 bridgehead atoms. The Balaban J connectivity index is 1.72. The monoisotopic (exact) mass is 261 g/mol. The lowest BCUT2D eigenvalue weighted by Gasteiger charge is -2.30. The normalized spacial score (nSPS) is 23.5. The summed E-state index contributed by atoms with van der Waals surface area (Å²) in [5.74, 6) is 0. The first-order chi connectivity index (χ1) is 9.29. The van der Waals surface area contributed by atoms with Crippen molar-refractivity contribution in [3.63, 3.8) is 0 Å². The van der Waals surface area contributed by atoms with Gasteiger partial charge in [0.1, 0.15) is 0 Å². The van der Waals surface area contributed by atoms with Crippen molar-refractivity contribution in [3.05, 3.63) is 35.4 Å². The van der Waals surface area contributed by atoms with Crippen LogP contribution in [-0.4, -0.2) is 25.3 Å². The van der Waals surface area contributed by atoms with Crippen LogP contribution < -0.4 is 5.32 Å². The van der Waals surface area contributed by atoms with Gasteiger partial charge in [-0.05, 0) is 50.3 Å². The Bertz CT molecular complexity index is 375. The van der Waals surface area contributed by atoms with Crippen LogP contribution in [0, 0.1) is 6.92 Å². The van der Waals surface area contributed by atoms with Gasteiger partial charge in [0.25, 0.3) is 0 Å². The van der Waals surface area contributed by atoms with Crippen LogP contribution in [0.5, 0.6) is 0 Å². The van der Waals surface area contributed by atoms with Gasteiger partial charge in [0, 0.05) is 12.6 Å². The van der Waals surface area contributed by atoms with Gasteiger partial charge in [0.2, 0.25) is 0 Å². The minimum Gasteiger partial charge on any atom is -0.378 e. The zero-order chi connectivity index (χ0) is 13.5. The summed E-state index contributed by atoms with van der Waals surface area (Å²) >= 11 is 0. The highest BCUT2D eigenvalue weighted by Gasteiger charge is 2.21. The maximum absolute atomic E-state index is 5.79. The quantitative estimate of drug-likeness (QED) is 0.846. The molecule has 1 N–H and O–H groups in total. The molecule has 0 saturated carbocycles. The van der Waals surface area contributed by atoms with Crippen molar-refractivity contribution < 1.29 is 4.74 Å². The van der Waals surface area contributed by atoms with E-state index in [-0.39, 0.29) is 0 Å². The highest BCUT2D eigenvalue weighted by atomic mass is 16.5. The Hall–Kier alpha value is -0.860. The summed E-state index contributed by atoms with van der Waals surface area (Å²) in [6, 6.07) is 9.32. The Morgan fingerprint density at radius 3 is 2.95 bits per heavy atom. The van der Waals surface area contributed by atoms with Crippen molar-refractivity contribution in [1.29, 1.82) is 0 Å². The zero-order valence-corrected chi connectivity index (χ0v) is 12.3. The fraction of sp³-hybridized carbons (Fsp3) is 0.647. The topological polar surface area (TPSA) is 21.3 Å². The van der Waals surface area contributed by atoms with E-state index < -0.39 is 0 Å². The van der Waals surface area contributed by atoms with E-state index in [1.165, 1.54) is 30.4 Å². The largest absolute Gasteiger partial charge is 0.378 e. The molecule has 19 heavy (non-hydrogen) atoms. The van der Waals surface area contributed by atoms with E-state index >= 15 is 0 Å². The van der Waals surface area contributed by atoms with Crippen LogP contribution in [0.3, 0.4) is 0 Å². The van der Waals surface area contributed by atoms with Crippen LogP contribution in [0.25, 0.3) is 0 Å². The first-order valence-corrected chi connectivity index (χ1v) is 7.69. The van der Waals surface area contributed by atoms with Crippen LogP contribution in [0.4, 0.5) is 0 Å². The number of hydrogen-bond donors (Lipinski definition) is 1. The smallest absolute Gasteiger partial charge is 0.0589 e. The predicted molar refractivity (Wildman–Crippen MR) is 80.6 cm³/mol. The van der Waals surface area contributed by atoms with Crippen molar-refractivity contribution in [3.8, 4) is 0 Å². The van der Waals surface area contributed by atoms with Crippen molar-refractivity contribution in [1.82, 2.24) is 5.32 Å². The van der Waals surface area contributed by atoms with Crippen LogP contribution in [0.1, 0.15) is 43.7 Å². The van der Waals surface area contributed by atoms with Gasteiger partial charge in [0.15, 0.2) is 0 Å². The summed E-state index contributed by atoms with van der Waals surface area (Å²) in [6.45, 7) is 6.43. The summed E-state index contributed by atoms with van der Waals surface area (Å²) in [6.07, 6.45) is 6.38. The lowest BCUT2D eigenvalue weighted by molar-refractivity contribution is -0.00300. The zero-order valence-electron chi connectivity index (χ0n) is 12.3. The molecule has 0 aliphatic carbocycles. The molecule has 0 spiro atoms. The van der Waals surface area contributed by atoms with E-state index in [1.807, 2.05) is 0 Å². The molecule has 2 rings (SSSR count). The minimum absolute atomic E-state index is 0.481. The fourth-order valence-electron chi connectivity index (χ4n) is 2.89. The third kappa shape index (κ3) is 4.63. The third-order valence-electron chi connectivity index (χ3n) is 4.07. The van der Waals surface area contributed by atoms with E-state index in [1.54, 1.807) is 0 Å². The van der Waals surface area contributed by atoms with Crippen molar-refractivity contribution >= 4 is 0 Å². The van der Waals surface area contributed by atoms with Crippen molar-refractivity contribution in [2.24, 2.45) is 0 Å². The van der Waals surface area contributed by atoms with Crippen LogP contribution >= 0.6 is 0 Å². The van der Waals surface area contributed by atoms with E-state index in [9.17, 15) is 0 Å². The maximum atomic E-state index is 5.79. The van der Waals surface area contributed by atoms with E-state index in [0.29, 0.717) is 12.1 Å². The summed E-state index contributed by atoms with van der Waals surface area (Å²) < 4.78 is 5.79. The second-order valence-corrected chi connectivity index (χ2v) is 5.63. The number of benzene rings is 1. The van der Waals surface area contributed by atoms with Gasteiger partial charge >= 0.3 is 0 Å².